The van der Waals surface area contributed by atoms with Gasteiger partial charge in [-0.25, -0.2) is 9.97 Å². The van der Waals surface area contributed by atoms with Crippen LogP contribution in [0.4, 0.5) is 0 Å². The summed E-state index contributed by atoms with van der Waals surface area (Å²) in [4.78, 5) is 38.3. The number of pyridine rings is 1. The minimum absolute atomic E-state index is 0.0520. The molecule has 7 heteroatoms. The number of piperidine rings is 1. The summed E-state index contributed by atoms with van der Waals surface area (Å²) in [6, 6.07) is 2.37. The summed E-state index contributed by atoms with van der Waals surface area (Å²) in [5, 5.41) is 0.951. The SMILES string of the molecule is Cc1cc(C)c2c(n1)sc1c(=O)n(CC(=O)N3CCC[C@@H]4CCCC[C@H]43)cnc12. The highest BCUT2D eigenvalue weighted by Crippen LogP contribution is 2.35. The molecule has 5 rings (SSSR count). The van der Waals surface area contributed by atoms with Crippen LogP contribution in [0.15, 0.2) is 17.2 Å². The molecule has 1 aliphatic heterocycles. The van der Waals surface area contributed by atoms with Gasteiger partial charge < -0.3 is 4.90 Å². The minimum Gasteiger partial charge on any atom is -0.338 e. The first-order valence-corrected chi connectivity index (χ1v) is 11.4. The van der Waals surface area contributed by atoms with Crippen molar-refractivity contribution in [2.75, 3.05) is 6.54 Å². The van der Waals surface area contributed by atoms with Gasteiger partial charge in [0.2, 0.25) is 5.91 Å². The summed E-state index contributed by atoms with van der Waals surface area (Å²) in [6.07, 6.45) is 8.65. The van der Waals surface area contributed by atoms with Gasteiger partial charge >= 0.3 is 0 Å². The van der Waals surface area contributed by atoms with Gasteiger partial charge in [-0.15, -0.1) is 11.3 Å². The molecular formula is C22H26N4O2S. The number of rotatable bonds is 2. The van der Waals surface area contributed by atoms with Gasteiger partial charge in [-0.2, -0.15) is 0 Å². The zero-order valence-corrected chi connectivity index (χ0v) is 17.8. The van der Waals surface area contributed by atoms with E-state index in [1.807, 2.05) is 24.8 Å². The van der Waals surface area contributed by atoms with Crippen LogP contribution >= 0.6 is 11.3 Å². The highest BCUT2D eigenvalue weighted by molar-refractivity contribution is 7.25. The fraction of sp³-hybridized carbons (Fsp3) is 0.545. The lowest BCUT2D eigenvalue weighted by molar-refractivity contribution is -0.138. The van der Waals surface area contributed by atoms with Crippen LogP contribution in [0.2, 0.25) is 0 Å². The van der Waals surface area contributed by atoms with Crippen LogP contribution in [0.3, 0.4) is 0 Å². The average molecular weight is 411 g/mol. The average Bonchev–Trinajstić information content (AvgIpc) is 3.09. The highest BCUT2D eigenvalue weighted by atomic mass is 32.1. The van der Waals surface area contributed by atoms with Crippen molar-refractivity contribution in [1.82, 2.24) is 19.4 Å². The molecule has 2 atom stereocenters. The third-order valence-electron chi connectivity index (χ3n) is 6.61. The van der Waals surface area contributed by atoms with E-state index in [0.29, 0.717) is 22.2 Å². The van der Waals surface area contributed by atoms with Crippen LogP contribution < -0.4 is 5.56 Å². The number of hydrogen-bond donors (Lipinski definition) is 0. The standard InChI is InChI=1S/C22H26N4O2S/c1-13-10-14(2)24-21-18(13)19-20(29-21)22(28)25(12-23-19)11-17(27)26-9-5-7-15-6-3-4-8-16(15)26/h10,12,15-16H,3-9,11H2,1-2H3/t15-,16+/m0/s1. The van der Waals surface area contributed by atoms with Crippen molar-refractivity contribution in [2.24, 2.45) is 5.92 Å². The molecule has 6 nitrogen and oxygen atoms in total. The Hall–Kier alpha value is -2.28. The second kappa shape index (κ2) is 7.20. The predicted molar refractivity (Wildman–Crippen MR) is 115 cm³/mol. The molecule has 1 saturated carbocycles. The smallest absolute Gasteiger partial charge is 0.271 e. The van der Waals surface area contributed by atoms with Crippen LogP contribution in [0.1, 0.15) is 49.8 Å². The fourth-order valence-corrected chi connectivity index (χ4v) is 6.48. The van der Waals surface area contributed by atoms with Gasteiger partial charge in [0.1, 0.15) is 16.1 Å². The first-order valence-electron chi connectivity index (χ1n) is 10.6. The van der Waals surface area contributed by atoms with Crippen molar-refractivity contribution in [3.8, 4) is 0 Å². The van der Waals surface area contributed by atoms with Crippen molar-refractivity contribution >= 4 is 37.7 Å². The molecule has 0 spiro atoms. The lowest BCUT2D eigenvalue weighted by atomic mass is 9.78. The first kappa shape index (κ1) is 18.7. The number of fused-ring (bicyclic) bond motifs is 4. The maximum Gasteiger partial charge on any atom is 0.271 e. The number of aryl methyl sites for hydroxylation is 2. The minimum atomic E-state index is -0.138. The lowest BCUT2D eigenvalue weighted by Gasteiger charge is -2.44. The zero-order valence-electron chi connectivity index (χ0n) is 17.0. The zero-order chi connectivity index (χ0) is 20.1. The molecule has 3 aromatic heterocycles. The van der Waals surface area contributed by atoms with Crippen LogP contribution in [-0.2, 0) is 11.3 Å². The number of aromatic nitrogens is 3. The van der Waals surface area contributed by atoms with Crippen LogP contribution in [0.25, 0.3) is 20.4 Å². The van der Waals surface area contributed by atoms with Crippen LogP contribution in [0, 0.1) is 19.8 Å². The summed E-state index contributed by atoms with van der Waals surface area (Å²) in [5.74, 6) is 0.690. The maximum absolute atomic E-state index is 13.1. The number of nitrogens with zero attached hydrogens (tertiary/aromatic N) is 4. The number of amides is 1. The van der Waals surface area contributed by atoms with Gasteiger partial charge in [0, 0.05) is 23.7 Å². The maximum atomic E-state index is 13.1. The van der Waals surface area contributed by atoms with E-state index in [1.54, 1.807) is 0 Å². The predicted octanol–water partition coefficient (Wildman–Crippen LogP) is 3.80. The molecule has 4 heterocycles. The Labute approximate surface area is 173 Å². The molecule has 0 bridgehead atoms. The summed E-state index contributed by atoms with van der Waals surface area (Å²) >= 11 is 1.38. The van der Waals surface area contributed by atoms with E-state index in [2.05, 4.69) is 9.97 Å². The number of hydrogen-bond acceptors (Lipinski definition) is 5. The van der Waals surface area contributed by atoms with Crippen molar-refractivity contribution in [1.29, 1.82) is 0 Å². The third kappa shape index (κ3) is 3.16. The lowest BCUT2D eigenvalue weighted by Crippen LogP contribution is -2.51. The third-order valence-corrected chi connectivity index (χ3v) is 7.67. The molecule has 2 aliphatic rings. The Morgan fingerprint density at radius 1 is 1.21 bits per heavy atom. The molecule has 1 aliphatic carbocycles. The van der Waals surface area contributed by atoms with Crippen molar-refractivity contribution in [3.63, 3.8) is 0 Å². The molecule has 152 valence electrons. The molecule has 1 amide bonds. The molecule has 0 N–H and O–H groups in total. The van der Waals surface area contributed by atoms with Gasteiger partial charge in [-0.05, 0) is 57.1 Å². The van der Waals surface area contributed by atoms with Crippen molar-refractivity contribution in [2.45, 2.75) is 65.0 Å². The molecular weight excluding hydrogens is 384 g/mol. The van der Waals surface area contributed by atoms with Crippen molar-refractivity contribution < 1.29 is 4.79 Å². The number of carbonyl (C=O) groups is 1. The molecule has 2 fully saturated rings. The van der Waals surface area contributed by atoms with E-state index in [-0.39, 0.29) is 18.0 Å². The summed E-state index contributed by atoms with van der Waals surface area (Å²) in [7, 11) is 0. The van der Waals surface area contributed by atoms with E-state index in [1.165, 1.54) is 47.9 Å². The Morgan fingerprint density at radius 3 is 2.86 bits per heavy atom. The molecule has 3 aromatic rings. The first-order chi connectivity index (χ1) is 14.0. The number of likely N-dealkylation sites (tertiary alicyclic amines) is 1. The largest absolute Gasteiger partial charge is 0.338 e. The van der Waals surface area contributed by atoms with Gasteiger partial charge in [-0.3, -0.25) is 14.2 Å². The molecule has 1 saturated heterocycles. The Kier molecular flexibility index (Phi) is 4.65. The Balaban J connectivity index is 1.48. The molecule has 0 unspecified atom stereocenters. The molecule has 0 radical (unpaired) electrons. The topological polar surface area (TPSA) is 68.1 Å². The second-order valence-electron chi connectivity index (χ2n) is 8.56. The summed E-state index contributed by atoms with van der Waals surface area (Å²) in [5.41, 5.74) is 2.58. The highest BCUT2D eigenvalue weighted by Gasteiger charge is 2.35. The Bertz CT molecular complexity index is 1160. The Morgan fingerprint density at radius 2 is 2.00 bits per heavy atom. The van der Waals surface area contributed by atoms with Gasteiger partial charge in [0.15, 0.2) is 0 Å². The normalized spacial score (nSPS) is 22.2. The van der Waals surface area contributed by atoms with Crippen LogP contribution in [-0.4, -0.2) is 37.9 Å². The van der Waals surface area contributed by atoms with Crippen molar-refractivity contribution in [3.05, 3.63) is 34.0 Å². The van der Waals surface area contributed by atoms with E-state index in [9.17, 15) is 9.59 Å². The van der Waals surface area contributed by atoms with Gasteiger partial charge in [-0.1, -0.05) is 12.8 Å². The van der Waals surface area contributed by atoms with E-state index in [0.717, 1.165) is 40.9 Å². The van der Waals surface area contributed by atoms with E-state index < -0.39 is 0 Å². The fourth-order valence-electron chi connectivity index (χ4n) is 5.28. The molecule has 0 aromatic carbocycles. The van der Waals surface area contributed by atoms with Gasteiger partial charge in [0.25, 0.3) is 5.56 Å². The number of thiophene rings is 1. The molecule has 29 heavy (non-hydrogen) atoms. The number of carbonyl (C=O) groups excluding carboxylic acids is 1. The monoisotopic (exact) mass is 410 g/mol. The summed E-state index contributed by atoms with van der Waals surface area (Å²) in [6.45, 7) is 4.87. The van der Waals surface area contributed by atoms with E-state index in [4.69, 9.17) is 0 Å². The van der Waals surface area contributed by atoms with Gasteiger partial charge in [0.05, 0.1) is 11.8 Å². The summed E-state index contributed by atoms with van der Waals surface area (Å²) < 4.78 is 2.07. The van der Waals surface area contributed by atoms with Crippen LogP contribution in [0.5, 0.6) is 0 Å². The second-order valence-corrected chi connectivity index (χ2v) is 9.56. The quantitative estimate of drug-likeness (QED) is 0.644. The van der Waals surface area contributed by atoms with E-state index >= 15 is 0 Å².